The number of carboxylic acid groups (broad SMARTS) is 1. The number of halogens is 1. The van der Waals surface area contributed by atoms with Crippen LogP contribution in [0.4, 0.5) is 0 Å². The van der Waals surface area contributed by atoms with Crippen LogP contribution in [0.3, 0.4) is 0 Å². The lowest BCUT2D eigenvalue weighted by atomic mass is 10.0. The van der Waals surface area contributed by atoms with Gasteiger partial charge in [-0.2, -0.15) is 0 Å². The maximum atomic E-state index is 11.4. The molecular formula is C19H19ClN4O2. The first-order valence-electron chi connectivity index (χ1n) is 8.13. The van der Waals surface area contributed by atoms with Crippen molar-refractivity contribution < 1.29 is 9.90 Å². The standard InChI is InChI=1S/C19H19ClN4O2/c1-24(2)10-7-16-22-17(12-5-8-21-9-6-12)18(23-16)14-11-13(19(25)26)3-4-15(14)20/h3-6,8-9,11H,7,10H2,1-2H3,(H,22,23)(H,25,26). The van der Waals surface area contributed by atoms with Crippen LogP contribution in [0, 0.1) is 0 Å². The van der Waals surface area contributed by atoms with Gasteiger partial charge < -0.3 is 15.0 Å². The molecule has 2 aromatic heterocycles. The van der Waals surface area contributed by atoms with E-state index in [0.29, 0.717) is 16.3 Å². The van der Waals surface area contributed by atoms with Crippen LogP contribution in [0.5, 0.6) is 0 Å². The lowest BCUT2D eigenvalue weighted by Gasteiger charge is -2.07. The smallest absolute Gasteiger partial charge is 0.335 e. The average molecular weight is 371 g/mol. The predicted molar refractivity (Wildman–Crippen MR) is 101 cm³/mol. The van der Waals surface area contributed by atoms with Crippen molar-refractivity contribution in [1.29, 1.82) is 0 Å². The zero-order chi connectivity index (χ0) is 18.7. The topological polar surface area (TPSA) is 82.1 Å². The van der Waals surface area contributed by atoms with E-state index in [0.717, 1.165) is 30.0 Å². The first-order chi connectivity index (χ1) is 12.5. The minimum atomic E-state index is -0.999. The highest BCUT2D eigenvalue weighted by atomic mass is 35.5. The van der Waals surface area contributed by atoms with Crippen molar-refractivity contribution in [3.8, 4) is 22.5 Å². The number of aromatic carboxylic acids is 1. The molecule has 0 aliphatic rings. The largest absolute Gasteiger partial charge is 0.478 e. The van der Waals surface area contributed by atoms with Gasteiger partial charge in [0.1, 0.15) is 5.82 Å². The Morgan fingerprint density at radius 3 is 2.62 bits per heavy atom. The van der Waals surface area contributed by atoms with E-state index in [1.807, 2.05) is 26.2 Å². The normalized spacial score (nSPS) is 11.1. The summed E-state index contributed by atoms with van der Waals surface area (Å²) >= 11 is 6.37. The Bertz CT molecular complexity index is 923. The van der Waals surface area contributed by atoms with E-state index in [2.05, 4.69) is 14.9 Å². The molecule has 0 fully saturated rings. The van der Waals surface area contributed by atoms with Crippen LogP contribution >= 0.6 is 11.6 Å². The summed E-state index contributed by atoms with van der Waals surface area (Å²) < 4.78 is 0. The molecular weight excluding hydrogens is 352 g/mol. The van der Waals surface area contributed by atoms with E-state index >= 15 is 0 Å². The molecule has 0 radical (unpaired) electrons. The van der Waals surface area contributed by atoms with Gasteiger partial charge in [0.05, 0.1) is 22.0 Å². The molecule has 0 unspecified atom stereocenters. The Hall–Kier alpha value is -2.70. The fraction of sp³-hybridized carbons (Fsp3) is 0.211. The summed E-state index contributed by atoms with van der Waals surface area (Å²) in [5, 5.41) is 9.77. The van der Waals surface area contributed by atoms with Crippen LogP contribution < -0.4 is 0 Å². The number of H-pyrrole nitrogens is 1. The van der Waals surface area contributed by atoms with Gasteiger partial charge in [-0.05, 0) is 44.4 Å². The second kappa shape index (κ2) is 7.68. The first kappa shape index (κ1) is 18.1. The van der Waals surface area contributed by atoms with Crippen LogP contribution in [0.2, 0.25) is 5.02 Å². The fourth-order valence-corrected chi connectivity index (χ4v) is 2.85. The second-order valence-electron chi connectivity index (χ2n) is 6.20. The lowest BCUT2D eigenvalue weighted by molar-refractivity contribution is 0.0697. The summed E-state index contributed by atoms with van der Waals surface area (Å²) in [5.74, 6) is -0.182. The number of rotatable bonds is 6. The number of hydrogen-bond acceptors (Lipinski definition) is 4. The van der Waals surface area contributed by atoms with Gasteiger partial charge in [0.2, 0.25) is 0 Å². The molecule has 0 amide bonds. The average Bonchev–Trinajstić information content (AvgIpc) is 3.05. The van der Waals surface area contributed by atoms with Crippen LogP contribution in [0.1, 0.15) is 16.2 Å². The maximum Gasteiger partial charge on any atom is 0.335 e. The van der Waals surface area contributed by atoms with Crippen LogP contribution in [-0.2, 0) is 6.42 Å². The minimum absolute atomic E-state index is 0.175. The van der Waals surface area contributed by atoms with Gasteiger partial charge in [0, 0.05) is 36.5 Å². The van der Waals surface area contributed by atoms with E-state index in [9.17, 15) is 9.90 Å². The molecule has 1 aromatic carbocycles. The Labute approximate surface area is 156 Å². The van der Waals surface area contributed by atoms with Gasteiger partial charge in [-0.25, -0.2) is 9.78 Å². The number of carboxylic acids is 1. The monoisotopic (exact) mass is 370 g/mol. The van der Waals surface area contributed by atoms with Gasteiger partial charge in [-0.3, -0.25) is 4.98 Å². The zero-order valence-electron chi connectivity index (χ0n) is 14.5. The van der Waals surface area contributed by atoms with Gasteiger partial charge in [0.25, 0.3) is 0 Å². The van der Waals surface area contributed by atoms with E-state index < -0.39 is 5.97 Å². The van der Waals surface area contributed by atoms with Gasteiger partial charge >= 0.3 is 5.97 Å². The summed E-state index contributed by atoms with van der Waals surface area (Å²) in [5.41, 5.74) is 3.11. The Morgan fingerprint density at radius 2 is 1.96 bits per heavy atom. The SMILES string of the molecule is CN(C)CCc1nc(-c2ccncc2)c(-c2cc(C(=O)O)ccc2Cl)[nH]1. The highest BCUT2D eigenvalue weighted by Crippen LogP contribution is 2.35. The fourth-order valence-electron chi connectivity index (χ4n) is 2.63. The third kappa shape index (κ3) is 3.92. The van der Waals surface area contributed by atoms with Crippen molar-refractivity contribution in [2.45, 2.75) is 6.42 Å². The van der Waals surface area contributed by atoms with Crippen molar-refractivity contribution in [1.82, 2.24) is 19.9 Å². The van der Waals surface area contributed by atoms with Crippen molar-refractivity contribution in [2.24, 2.45) is 0 Å². The first-order valence-corrected chi connectivity index (χ1v) is 8.50. The molecule has 3 rings (SSSR count). The Morgan fingerprint density at radius 1 is 1.23 bits per heavy atom. The lowest BCUT2D eigenvalue weighted by Crippen LogP contribution is -2.15. The molecule has 0 bridgehead atoms. The minimum Gasteiger partial charge on any atom is -0.478 e. The molecule has 6 nitrogen and oxygen atoms in total. The summed E-state index contributed by atoms with van der Waals surface area (Å²) in [4.78, 5) is 25.5. The molecule has 0 atom stereocenters. The number of aromatic nitrogens is 3. The van der Waals surface area contributed by atoms with Crippen molar-refractivity contribution in [3.63, 3.8) is 0 Å². The summed E-state index contributed by atoms with van der Waals surface area (Å²) in [6, 6.07) is 8.38. The third-order valence-corrected chi connectivity index (χ3v) is 4.31. The zero-order valence-corrected chi connectivity index (χ0v) is 15.3. The molecule has 134 valence electrons. The second-order valence-corrected chi connectivity index (χ2v) is 6.60. The number of benzene rings is 1. The number of nitrogens with one attached hydrogen (secondary N) is 1. The molecule has 3 aromatic rings. The highest BCUT2D eigenvalue weighted by molar-refractivity contribution is 6.33. The third-order valence-electron chi connectivity index (χ3n) is 3.99. The molecule has 0 aliphatic heterocycles. The number of carbonyl (C=O) groups is 1. The number of nitrogens with zero attached hydrogens (tertiary/aromatic N) is 3. The Kier molecular flexibility index (Phi) is 5.35. The van der Waals surface area contributed by atoms with Crippen molar-refractivity contribution in [2.75, 3.05) is 20.6 Å². The Balaban J connectivity index is 2.13. The van der Waals surface area contributed by atoms with Crippen molar-refractivity contribution in [3.05, 3.63) is 59.1 Å². The van der Waals surface area contributed by atoms with Crippen LogP contribution in [0.25, 0.3) is 22.5 Å². The molecule has 2 heterocycles. The molecule has 2 N–H and O–H groups in total. The van der Waals surface area contributed by atoms with Crippen molar-refractivity contribution >= 4 is 17.6 Å². The number of imidazole rings is 1. The molecule has 0 aliphatic carbocycles. The van der Waals surface area contributed by atoms with E-state index in [-0.39, 0.29) is 5.56 Å². The van der Waals surface area contributed by atoms with E-state index in [4.69, 9.17) is 16.6 Å². The van der Waals surface area contributed by atoms with Gasteiger partial charge in [0.15, 0.2) is 0 Å². The molecule has 7 heteroatoms. The quantitative estimate of drug-likeness (QED) is 0.692. The number of likely N-dealkylation sites (N-methyl/N-ethyl adjacent to an activating group) is 1. The highest BCUT2D eigenvalue weighted by Gasteiger charge is 2.18. The van der Waals surface area contributed by atoms with E-state index in [1.165, 1.54) is 6.07 Å². The number of hydrogen-bond donors (Lipinski definition) is 2. The molecule has 0 spiro atoms. The molecule has 26 heavy (non-hydrogen) atoms. The molecule has 0 saturated heterocycles. The molecule has 0 saturated carbocycles. The predicted octanol–water partition coefficient (Wildman–Crippen LogP) is 3.59. The number of aromatic amines is 1. The maximum absolute atomic E-state index is 11.4. The number of pyridine rings is 1. The van der Waals surface area contributed by atoms with E-state index in [1.54, 1.807) is 24.5 Å². The van der Waals surface area contributed by atoms with Gasteiger partial charge in [-0.15, -0.1) is 0 Å². The summed E-state index contributed by atoms with van der Waals surface area (Å²) in [6.45, 7) is 0.839. The summed E-state index contributed by atoms with van der Waals surface area (Å²) in [6.07, 6.45) is 4.13. The van der Waals surface area contributed by atoms with Gasteiger partial charge in [-0.1, -0.05) is 11.6 Å². The van der Waals surface area contributed by atoms with Crippen LogP contribution in [0.15, 0.2) is 42.7 Å². The summed E-state index contributed by atoms with van der Waals surface area (Å²) in [7, 11) is 4.00. The van der Waals surface area contributed by atoms with Crippen LogP contribution in [-0.4, -0.2) is 51.6 Å².